The number of carbonyl (C=O) groups is 3. The lowest BCUT2D eigenvalue weighted by molar-refractivity contribution is -0.120. The number of nitrogens with one attached hydrogen (secondary N) is 4. The molecule has 2 aromatic carbocycles. The van der Waals surface area contributed by atoms with Crippen LogP contribution in [0.25, 0.3) is 0 Å². The van der Waals surface area contributed by atoms with Crippen molar-refractivity contribution in [1.82, 2.24) is 16.2 Å². The SMILES string of the molecule is Cc1ccc(C(=O)NC(=S)NNC(=O)c2ccc(NC(=O)C3CCCCC3)cc2)cc1Br. The molecule has 7 nitrogen and oxygen atoms in total. The number of hydrazine groups is 1. The van der Waals surface area contributed by atoms with E-state index in [0.717, 1.165) is 35.7 Å². The van der Waals surface area contributed by atoms with Gasteiger partial charge >= 0.3 is 0 Å². The summed E-state index contributed by atoms with van der Waals surface area (Å²) in [5.41, 5.74) is 7.43. The van der Waals surface area contributed by atoms with Crippen molar-refractivity contribution < 1.29 is 14.4 Å². The number of rotatable bonds is 4. The number of hydrogen-bond donors (Lipinski definition) is 4. The monoisotopic (exact) mass is 516 g/mol. The van der Waals surface area contributed by atoms with Crippen LogP contribution in [0.5, 0.6) is 0 Å². The summed E-state index contributed by atoms with van der Waals surface area (Å²) in [6.45, 7) is 1.92. The molecule has 1 fully saturated rings. The van der Waals surface area contributed by atoms with Crippen LogP contribution in [-0.2, 0) is 4.79 Å². The molecule has 0 radical (unpaired) electrons. The number of carbonyl (C=O) groups excluding carboxylic acids is 3. The van der Waals surface area contributed by atoms with E-state index in [0.29, 0.717) is 16.8 Å². The van der Waals surface area contributed by atoms with Gasteiger partial charge in [-0.05, 0) is 73.9 Å². The van der Waals surface area contributed by atoms with Crippen LogP contribution >= 0.6 is 28.1 Å². The Kier molecular flexibility index (Phi) is 8.35. The Morgan fingerprint density at radius 2 is 1.56 bits per heavy atom. The molecule has 1 aliphatic rings. The molecule has 0 atom stereocenters. The molecule has 2 aromatic rings. The van der Waals surface area contributed by atoms with Crippen LogP contribution in [0.4, 0.5) is 5.69 Å². The minimum Gasteiger partial charge on any atom is -0.326 e. The number of halogens is 1. The number of thiocarbonyl (C=S) groups is 1. The normalized spacial score (nSPS) is 13.7. The number of hydrogen-bond acceptors (Lipinski definition) is 4. The van der Waals surface area contributed by atoms with Gasteiger partial charge in [0.1, 0.15) is 0 Å². The lowest BCUT2D eigenvalue weighted by Crippen LogP contribution is -2.48. The van der Waals surface area contributed by atoms with Crippen LogP contribution in [0.15, 0.2) is 46.9 Å². The second kappa shape index (κ2) is 11.2. The second-order valence-electron chi connectivity index (χ2n) is 7.73. The summed E-state index contributed by atoms with van der Waals surface area (Å²) in [5.74, 6) is -0.723. The molecular weight excluding hydrogens is 492 g/mol. The maximum absolute atomic E-state index is 12.3. The molecule has 1 saturated carbocycles. The zero-order chi connectivity index (χ0) is 23.1. The van der Waals surface area contributed by atoms with Gasteiger partial charge in [-0.15, -0.1) is 0 Å². The molecule has 0 saturated heterocycles. The fourth-order valence-electron chi connectivity index (χ4n) is 3.44. The Bertz CT molecular complexity index is 1020. The maximum Gasteiger partial charge on any atom is 0.269 e. The first kappa shape index (κ1) is 23.9. The van der Waals surface area contributed by atoms with E-state index in [1.54, 1.807) is 36.4 Å². The van der Waals surface area contributed by atoms with Crippen molar-refractivity contribution in [3.8, 4) is 0 Å². The van der Waals surface area contributed by atoms with Crippen LogP contribution in [0.1, 0.15) is 58.4 Å². The van der Waals surface area contributed by atoms with Crippen molar-refractivity contribution in [1.29, 1.82) is 0 Å². The minimum absolute atomic E-state index is 0.0311. The van der Waals surface area contributed by atoms with Crippen molar-refractivity contribution >= 4 is 56.7 Å². The van der Waals surface area contributed by atoms with Crippen molar-refractivity contribution in [2.75, 3.05) is 5.32 Å². The first-order chi connectivity index (χ1) is 15.3. The van der Waals surface area contributed by atoms with Crippen molar-refractivity contribution in [2.45, 2.75) is 39.0 Å². The standard InChI is InChI=1S/C23H25BrN4O3S/c1-14-7-8-17(13-19(14)24)21(30)26-23(32)28-27-22(31)16-9-11-18(12-10-16)25-20(29)15-5-3-2-4-6-15/h7-13,15H,2-6H2,1H3,(H,25,29)(H,27,31)(H2,26,28,30,32). The second-order valence-corrected chi connectivity index (χ2v) is 8.99. The Morgan fingerprint density at radius 1 is 0.906 bits per heavy atom. The summed E-state index contributed by atoms with van der Waals surface area (Å²) in [6.07, 6.45) is 5.23. The summed E-state index contributed by atoms with van der Waals surface area (Å²) in [4.78, 5) is 36.9. The molecule has 9 heteroatoms. The van der Waals surface area contributed by atoms with Crippen LogP contribution in [-0.4, -0.2) is 22.8 Å². The van der Waals surface area contributed by atoms with Gasteiger partial charge in [0.05, 0.1) is 0 Å². The largest absolute Gasteiger partial charge is 0.326 e. The summed E-state index contributed by atoms with van der Waals surface area (Å²) < 4.78 is 0.815. The summed E-state index contributed by atoms with van der Waals surface area (Å²) in [7, 11) is 0. The van der Waals surface area contributed by atoms with E-state index in [4.69, 9.17) is 12.2 Å². The predicted molar refractivity (Wildman–Crippen MR) is 131 cm³/mol. The van der Waals surface area contributed by atoms with Crippen LogP contribution < -0.4 is 21.5 Å². The van der Waals surface area contributed by atoms with Gasteiger partial charge in [0, 0.05) is 27.2 Å². The van der Waals surface area contributed by atoms with Gasteiger partial charge in [0.15, 0.2) is 5.11 Å². The number of amides is 3. The molecule has 168 valence electrons. The van der Waals surface area contributed by atoms with Crippen molar-refractivity contribution in [2.24, 2.45) is 5.92 Å². The first-order valence-corrected chi connectivity index (χ1v) is 11.6. The average Bonchev–Trinajstić information content (AvgIpc) is 2.80. The molecule has 0 aromatic heterocycles. The lowest BCUT2D eigenvalue weighted by Gasteiger charge is -2.20. The molecule has 4 N–H and O–H groups in total. The Hall–Kier alpha value is -2.78. The Morgan fingerprint density at radius 3 is 2.22 bits per heavy atom. The minimum atomic E-state index is -0.426. The van der Waals surface area contributed by atoms with Crippen LogP contribution in [0.2, 0.25) is 0 Å². The molecule has 3 rings (SSSR count). The van der Waals surface area contributed by atoms with E-state index >= 15 is 0 Å². The molecule has 0 unspecified atom stereocenters. The van der Waals surface area contributed by atoms with Gasteiger partial charge in [-0.2, -0.15) is 0 Å². The first-order valence-electron chi connectivity index (χ1n) is 10.4. The molecule has 0 heterocycles. The smallest absolute Gasteiger partial charge is 0.269 e. The van der Waals surface area contributed by atoms with Gasteiger partial charge in [-0.25, -0.2) is 0 Å². The van der Waals surface area contributed by atoms with Crippen molar-refractivity contribution in [3.63, 3.8) is 0 Å². The van der Waals surface area contributed by atoms with E-state index in [-0.39, 0.29) is 16.9 Å². The molecule has 3 amide bonds. The predicted octanol–water partition coefficient (Wildman–Crippen LogP) is 4.23. The molecular formula is C23H25BrN4O3S. The van der Waals surface area contributed by atoms with Crippen molar-refractivity contribution in [3.05, 3.63) is 63.6 Å². The molecule has 0 aliphatic heterocycles. The van der Waals surface area contributed by atoms with E-state index in [1.165, 1.54) is 6.42 Å². The lowest BCUT2D eigenvalue weighted by atomic mass is 9.88. The zero-order valence-electron chi connectivity index (χ0n) is 17.7. The van der Waals surface area contributed by atoms with E-state index in [9.17, 15) is 14.4 Å². The van der Waals surface area contributed by atoms with Gasteiger partial charge in [-0.1, -0.05) is 41.3 Å². The van der Waals surface area contributed by atoms with Gasteiger partial charge in [-0.3, -0.25) is 30.6 Å². The fraction of sp³-hybridized carbons (Fsp3) is 0.304. The van der Waals surface area contributed by atoms with Gasteiger partial charge < -0.3 is 5.32 Å². The topological polar surface area (TPSA) is 99.3 Å². The highest BCUT2D eigenvalue weighted by atomic mass is 79.9. The highest BCUT2D eigenvalue weighted by Crippen LogP contribution is 2.25. The summed E-state index contributed by atoms with van der Waals surface area (Å²) in [5, 5.41) is 5.39. The van der Waals surface area contributed by atoms with Crippen LogP contribution in [0.3, 0.4) is 0 Å². The van der Waals surface area contributed by atoms with Gasteiger partial charge in [0.25, 0.3) is 11.8 Å². The summed E-state index contributed by atoms with van der Waals surface area (Å²) in [6, 6.07) is 11.8. The zero-order valence-corrected chi connectivity index (χ0v) is 20.1. The highest BCUT2D eigenvalue weighted by molar-refractivity contribution is 9.10. The summed E-state index contributed by atoms with van der Waals surface area (Å²) >= 11 is 8.46. The van der Waals surface area contributed by atoms with E-state index in [2.05, 4.69) is 37.4 Å². The third kappa shape index (κ3) is 6.61. The number of aryl methyl sites for hydroxylation is 1. The molecule has 32 heavy (non-hydrogen) atoms. The third-order valence-corrected chi connectivity index (χ3v) is 6.40. The molecule has 0 bridgehead atoms. The number of anilines is 1. The molecule has 0 spiro atoms. The van der Waals surface area contributed by atoms with Gasteiger partial charge in [0.2, 0.25) is 5.91 Å². The van der Waals surface area contributed by atoms with E-state index in [1.807, 2.05) is 13.0 Å². The number of benzene rings is 2. The van der Waals surface area contributed by atoms with E-state index < -0.39 is 11.8 Å². The Balaban J connectivity index is 1.46. The third-order valence-electron chi connectivity index (χ3n) is 5.34. The highest BCUT2D eigenvalue weighted by Gasteiger charge is 2.21. The maximum atomic E-state index is 12.3. The molecule has 1 aliphatic carbocycles. The fourth-order valence-corrected chi connectivity index (χ4v) is 3.96. The average molecular weight is 517 g/mol. The quantitative estimate of drug-likeness (QED) is 0.360. The van der Waals surface area contributed by atoms with Crippen LogP contribution in [0, 0.1) is 12.8 Å². The Labute approximate surface area is 200 Å².